The van der Waals surface area contributed by atoms with E-state index in [-0.39, 0.29) is 4.32 Å². The first-order chi connectivity index (χ1) is 8.00. The van der Waals surface area contributed by atoms with Crippen LogP contribution in [0.5, 0.6) is 0 Å². The van der Waals surface area contributed by atoms with Crippen LogP contribution in [-0.4, -0.2) is 4.98 Å². The smallest absolute Gasteiger partial charge is 0.129 e. The van der Waals surface area contributed by atoms with Crippen molar-refractivity contribution >= 4 is 39.1 Å². The molecule has 0 aliphatic carbocycles. The Hall–Kier alpha value is -0.570. The summed E-state index contributed by atoms with van der Waals surface area (Å²) in [5, 5.41) is 1.22. The maximum absolute atomic E-state index is 5.88. The van der Waals surface area contributed by atoms with Gasteiger partial charge >= 0.3 is 0 Å². The van der Waals surface area contributed by atoms with E-state index < -0.39 is 0 Å². The van der Waals surface area contributed by atoms with Crippen LogP contribution >= 0.6 is 39.1 Å². The lowest BCUT2D eigenvalue weighted by Gasteiger charge is -2.23. The summed E-state index contributed by atoms with van der Waals surface area (Å²) < 4.78 is -0.296. The van der Waals surface area contributed by atoms with Crippen molar-refractivity contribution < 1.29 is 0 Å². The van der Waals surface area contributed by atoms with Gasteiger partial charge in [-0.3, -0.25) is 0 Å². The summed E-state index contributed by atoms with van der Waals surface area (Å²) in [7, 11) is 0. The van der Waals surface area contributed by atoms with Crippen molar-refractivity contribution in [2.75, 3.05) is 0 Å². The van der Waals surface area contributed by atoms with Crippen molar-refractivity contribution in [3.05, 3.63) is 63.9 Å². The Kier molecular flexibility index (Phi) is 3.76. The summed E-state index contributed by atoms with van der Waals surface area (Å²) in [4.78, 5) is 4.10. The molecular weight excluding hydrogens is 321 g/mol. The summed E-state index contributed by atoms with van der Waals surface area (Å²) in [6.45, 7) is 2.07. The first-order valence-electron chi connectivity index (χ1n) is 5.07. The number of rotatable bonds is 2. The van der Waals surface area contributed by atoms with E-state index in [4.69, 9.17) is 23.2 Å². The molecule has 0 N–H and O–H groups in total. The van der Waals surface area contributed by atoms with Crippen molar-refractivity contribution in [1.29, 1.82) is 0 Å². The highest BCUT2D eigenvalue weighted by atomic mass is 79.9. The highest BCUT2D eigenvalue weighted by molar-refractivity contribution is 9.09. The molecule has 17 heavy (non-hydrogen) atoms. The van der Waals surface area contributed by atoms with Crippen molar-refractivity contribution in [1.82, 2.24) is 4.98 Å². The molecule has 0 spiro atoms. The molecule has 1 atom stereocenters. The number of benzene rings is 1. The highest BCUT2D eigenvalue weighted by Crippen LogP contribution is 2.38. The number of hydrogen-bond donors (Lipinski definition) is 0. The zero-order chi connectivity index (χ0) is 12.5. The molecule has 1 nitrogen and oxygen atoms in total. The van der Waals surface area contributed by atoms with Crippen molar-refractivity contribution in [2.45, 2.75) is 11.2 Å². The molecule has 0 bridgehead atoms. The Morgan fingerprint density at radius 1 is 1.00 bits per heavy atom. The Morgan fingerprint density at radius 2 is 1.59 bits per heavy atom. The molecule has 1 unspecified atom stereocenters. The molecule has 0 saturated carbocycles. The minimum atomic E-state index is -0.296. The van der Waals surface area contributed by atoms with Gasteiger partial charge in [-0.15, -0.1) is 0 Å². The van der Waals surface area contributed by atoms with E-state index in [1.807, 2.05) is 30.3 Å². The summed E-state index contributed by atoms with van der Waals surface area (Å²) in [6.07, 6.45) is 1.77. The number of aromatic nitrogens is 1. The van der Waals surface area contributed by atoms with Crippen LogP contribution in [0.4, 0.5) is 0 Å². The summed E-state index contributed by atoms with van der Waals surface area (Å²) in [5.41, 5.74) is 2.16. The quantitative estimate of drug-likeness (QED) is 0.555. The van der Waals surface area contributed by atoms with Gasteiger partial charge in [-0.2, -0.15) is 0 Å². The molecule has 1 heterocycles. The predicted molar refractivity (Wildman–Crippen MR) is 76.1 cm³/mol. The average Bonchev–Trinajstić information content (AvgIpc) is 2.30. The van der Waals surface area contributed by atoms with Crippen molar-refractivity contribution in [3.8, 4) is 0 Å². The Bertz CT molecular complexity index is 458. The summed E-state index contributed by atoms with van der Waals surface area (Å²) in [6, 6.07) is 11.5. The van der Waals surface area contributed by atoms with E-state index in [1.165, 1.54) is 0 Å². The lowest BCUT2D eigenvalue weighted by Crippen LogP contribution is -2.14. The minimum absolute atomic E-state index is 0.296. The topological polar surface area (TPSA) is 12.9 Å². The van der Waals surface area contributed by atoms with E-state index >= 15 is 0 Å². The average molecular weight is 331 g/mol. The van der Waals surface area contributed by atoms with E-state index in [0.29, 0.717) is 5.15 Å². The van der Waals surface area contributed by atoms with Gasteiger partial charge in [-0.05, 0) is 36.2 Å². The fourth-order valence-electron chi connectivity index (χ4n) is 1.58. The van der Waals surface area contributed by atoms with E-state index in [2.05, 4.69) is 27.8 Å². The second kappa shape index (κ2) is 4.97. The van der Waals surface area contributed by atoms with Crippen molar-refractivity contribution in [3.63, 3.8) is 0 Å². The largest absolute Gasteiger partial charge is 0.244 e. The maximum Gasteiger partial charge on any atom is 0.129 e. The van der Waals surface area contributed by atoms with Crippen LogP contribution in [0.15, 0.2) is 42.6 Å². The van der Waals surface area contributed by atoms with Crippen molar-refractivity contribution in [2.24, 2.45) is 0 Å². The van der Waals surface area contributed by atoms with Gasteiger partial charge in [0.05, 0.1) is 4.32 Å². The second-order valence-corrected chi connectivity index (χ2v) is 6.29. The molecule has 0 radical (unpaired) electrons. The van der Waals surface area contributed by atoms with E-state index in [0.717, 1.165) is 16.1 Å². The molecule has 0 amide bonds. The van der Waals surface area contributed by atoms with Gasteiger partial charge in [0, 0.05) is 11.2 Å². The lowest BCUT2D eigenvalue weighted by atomic mass is 9.94. The molecule has 88 valence electrons. The monoisotopic (exact) mass is 329 g/mol. The van der Waals surface area contributed by atoms with Crippen LogP contribution in [0, 0.1) is 0 Å². The van der Waals surface area contributed by atoms with Gasteiger partial charge in [-0.25, -0.2) is 4.98 Å². The van der Waals surface area contributed by atoms with Gasteiger partial charge in [0.2, 0.25) is 0 Å². The SMILES string of the molecule is CC(Br)(c1ccc(Cl)cc1)c1ccc(Cl)nc1. The molecule has 2 aromatic rings. The maximum atomic E-state index is 5.88. The molecule has 0 aliphatic heterocycles. The number of hydrogen-bond acceptors (Lipinski definition) is 1. The normalized spacial score (nSPS) is 14.4. The number of nitrogens with zero attached hydrogens (tertiary/aromatic N) is 1. The molecular formula is C13H10BrCl2N. The summed E-state index contributed by atoms with van der Waals surface area (Å²) in [5.74, 6) is 0. The number of halogens is 3. The molecule has 2 rings (SSSR count). The first kappa shape index (κ1) is 12.9. The van der Waals surface area contributed by atoms with Crippen LogP contribution in [0.25, 0.3) is 0 Å². The number of pyridine rings is 1. The van der Waals surface area contributed by atoms with Crippen LogP contribution < -0.4 is 0 Å². The first-order valence-corrected chi connectivity index (χ1v) is 6.62. The summed E-state index contributed by atoms with van der Waals surface area (Å²) >= 11 is 15.4. The molecule has 1 aromatic heterocycles. The fraction of sp³-hybridized carbons (Fsp3) is 0.154. The van der Waals surface area contributed by atoms with Crippen LogP contribution in [-0.2, 0) is 4.32 Å². The second-order valence-electron chi connectivity index (χ2n) is 3.88. The standard InChI is InChI=1S/C13H10BrCl2N/c1-13(14,9-2-5-11(15)6-3-9)10-4-7-12(16)17-8-10/h2-8H,1H3. The van der Waals surface area contributed by atoms with E-state index in [9.17, 15) is 0 Å². The van der Waals surface area contributed by atoms with Crippen LogP contribution in [0.3, 0.4) is 0 Å². The number of alkyl halides is 1. The van der Waals surface area contributed by atoms with Gasteiger partial charge in [0.1, 0.15) is 5.15 Å². The Labute approximate surface area is 119 Å². The van der Waals surface area contributed by atoms with Gasteiger partial charge in [-0.1, -0.05) is 57.3 Å². The van der Waals surface area contributed by atoms with Crippen LogP contribution in [0.1, 0.15) is 18.1 Å². The molecule has 0 fully saturated rings. The third kappa shape index (κ3) is 2.82. The highest BCUT2D eigenvalue weighted by Gasteiger charge is 2.25. The fourth-order valence-corrected chi connectivity index (χ4v) is 2.32. The third-order valence-corrected chi connectivity index (χ3v) is 4.05. The lowest BCUT2D eigenvalue weighted by molar-refractivity contribution is 0.851. The molecule has 0 saturated heterocycles. The van der Waals surface area contributed by atoms with E-state index in [1.54, 1.807) is 12.3 Å². The van der Waals surface area contributed by atoms with Gasteiger partial charge in [0.15, 0.2) is 0 Å². The molecule has 1 aromatic carbocycles. The zero-order valence-corrected chi connectivity index (χ0v) is 12.2. The molecule has 4 heteroatoms. The minimum Gasteiger partial charge on any atom is -0.244 e. The third-order valence-electron chi connectivity index (χ3n) is 2.66. The Morgan fingerprint density at radius 3 is 2.12 bits per heavy atom. The van der Waals surface area contributed by atoms with Crippen LogP contribution in [0.2, 0.25) is 10.2 Å². The zero-order valence-electron chi connectivity index (χ0n) is 9.12. The Balaban J connectivity index is 2.41. The van der Waals surface area contributed by atoms with Gasteiger partial charge < -0.3 is 0 Å². The molecule has 0 aliphatic rings. The van der Waals surface area contributed by atoms with Gasteiger partial charge in [0.25, 0.3) is 0 Å². The predicted octanol–water partition coefficient (Wildman–Crippen LogP) is 5.05.